The molecule has 31 heavy (non-hydrogen) atoms. The quantitative estimate of drug-likeness (QED) is 0.196. The first-order valence-electron chi connectivity index (χ1n) is 10.2. The van der Waals surface area contributed by atoms with Gasteiger partial charge < -0.3 is 26.2 Å². The Morgan fingerprint density at radius 3 is 2.23 bits per heavy atom. The Balaban J connectivity index is 1.82. The van der Waals surface area contributed by atoms with E-state index >= 15 is 0 Å². The Morgan fingerprint density at radius 2 is 1.58 bits per heavy atom. The van der Waals surface area contributed by atoms with E-state index in [1.54, 1.807) is 6.20 Å². The Labute approximate surface area is 181 Å². The third kappa shape index (κ3) is 10.4. The molecule has 0 aliphatic carbocycles. The summed E-state index contributed by atoms with van der Waals surface area (Å²) in [5.74, 6) is 0. The minimum absolute atomic E-state index is 0.309. The summed E-state index contributed by atoms with van der Waals surface area (Å²) in [5, 5.41) is 27.1. The fourth-order valence-corrected chi connectivity index (χ4v) is 2.91. The smallest absolute Gasteiger partial charge is 0.404 e. The maximum Gasteiger partial charge on any atom is 0.404 e. The lowest BCUT2D eigenvalue weighted by atomic mass is 10.1. The van der Waals surface area contributed by atoms with E-state index in [-0.39, 0.29) is 0 Å². The first-order valence-corrected chi connectivity index (χ1v) is 10.2. The number of carboxylic acid groups (broad SMARTS) is 2. The summed E-state index contributed by atoms with van der Waals surface area (Å²) in [5.41, 5.74) is 6.36. The fourth-order valence-electron chi connectivity index (χ4n) is 2.91. The summed E-state index contributed by atoms with van der Waals surface area (Å²) in [4.78, 5) is 25.4. The Morgan fingerprint density at radius 1 is 0.871 bits per heavy atom. The second-order valence-corrected chi connectivity index (χ2v) is 6.81. The van der Waals surface area contributed by atoms with Crippen molar-refractivity contribution in [3.63, 3.8) is 0 Å². The van der Waals surface area contributed by atoms with Crippen LogP contribution in [0.2, 0.25) is 0 Å². The highest BCUT2D eigenvalue weighted by molar-refractivity contribution is 5.64. The lowest BCUT2D eigenvalue weighted by Gasteiger charge is -2.24. The van der Waals surface area contributed by atoms with Crippen LogP contribution in [0.3, 0.4) is 0 Å². The minimum Gasteiger partial charge on any atom is -0.465 e. The van der Waals surface area contributed by atoms with Gasteiger partial charge in [0.2, 0.25) is 0 Å². The molecule has 0 aliphatic rings. The van der Waals surface area contributed by atoms with E-state index in [1.165, 1.54) is 0 Å². The number of carbonyl (C=O) groups is 2. The van der Waals surface area contributed by atoms with Gasteiger partial charge in [-0.1, -0.05) is 30.3 Å². The molecule has 0 unspecified atom stereocenters. The van der Waals surface area contributed by atoms with Gasteiger partial charge in [0.15, 0.2) is 0 Å². The number of pyridine rings is 1. The van der Waals surface area contributed by atoms with Gasteiger partial charge in [0.25, 0.3) is 0 Å². The molecule has 2 aromatic rings. The second kappa shape index (κ2) is 13.9. The van der Waals surface area contributed by atoms with Crippen LogP contribution < -0.4 is 21.4 Å². The SMILES string of the molecule is O=C(O)NCCNCCCN(Cc1ccc(-c2ccccn2)cc1)NCCNC(=O)O. The monoisotopic (exact) mass is 430 g/mol. The first-order chi connectivity index (χ1) is 15.0. The van der Waals surface area contributed by atoms with Gasteiger partial charge in [-0.15, -0.1) is 0 Å². The van der Waals surface area contributed by atoms with E-state index in [2.05, 4.69) is 43.5 Å². The molecule has 0 spiro atoms. The van der Waals surface area contributed by atoms with Gasteiger partial charge in [0, 0.05) is 51.0 Å². The number of nitrogens with zero attached hydrogens (tertiary/aromatic N) is 2. The number of nitrogens with one attached hydrogen (secondary N) is 4. The molecule has 1 aromatic carbocycles. The molecule has 0 fully saturated rings. The van der Waals surface area contributed by atoms with Crippen LogP contribution in [0.4, 0.5) is 9.59 Å². The molecule has 0 atom stereocenters. The molecule has 0 bridgehead atoms. The number of rotatable bonds is 14. The van der Waals surface area contributed by atoms with Crippen LogP contribution in [-0.2, 0) is 6.54 Å². The number of benzene rings is 1. The molecule has 168 valence electrons. The number of hydrogen-bond acceptors (Lipinski definition) is 6. The minimum atomic E-state index is -1.04. The van der Waals surface area contributed by atoms with Crippen molar-refractivity contribution in [1.29, 1.82) is 0 Å². The number of aromatic nitrogens is 1. The van der Waals surface area contributed by atoms with Gasteiger partial charge in [-0.2, -0.15) is 0 Å². The van der Waals surface area contributed by atoms with Crippen LogP contribution in [-0.4, -0.2) is 71.7 Å². The van der Waals surface area contributed by atoms with E-state index < -0.39 is 12.2 Å². The zero-order valence-electron chi connectivity index (χ0n) is 17.4. The predicted octanol–water partition coefficient (Wildman–Crippen LogP) is 1.57. The number of hydrazine groups is 1. The van der Waals surface area contributed by atoms with Crippen LogP contribution >= 0.6 is 0 Å². The molecule has 6 N–H and O–H groups in total. The van der Waals surface area contributed by atoms with Crippen LogP contribution in [0.5, 0.6) is 0 Å². The number of amides is 2. The van der Waals surface area contributed by atoms with Crippen molar-refractivity contribution in [1.82, 2.24) is 31.4 Å². The zero-order valence-corrected chi connectivity index (χ0v) is 17.4. The molecule has 10 nitrogen and oxygen atoms in total. The van der Waals surface area contributed by atoms with Gasteiger partial charge >= 0.3 is 12.2 Å². The summed E-state index contributed by atoms with van der Waals surface area (Å²) in [7, 11) is 0. The molecular weight excluding hydrogens is 400 g/mol. The van der Waals surface area contributed by atoms with E-state index in [0.717, 1.165) is 36.3 Å². The maximum absolute atomic E-state index is 10.6. The van der Waals surface area contributed by atoms with Gasteiger partial charge in [-0.3, -0.25) is 10.4 Å². The largest absolute Gasteiger partial charge is 0.465 e. The standard InChI is InChI=1S/C21H30N6O4/c28-20(29)24-12-11-22-9-3-15-27(26-14-13-25-21(30)31)16-17-5-7-18(8-6-17)19-4-1-2-10-23-19/h1-2,4-8,10,22,24-26H,3,9,11-16H2,(H,28,29)(H,30,31). The highest BCUT2D eigenvalue weighted by Crippen LogP contribution is 2.17. The Bertz CT molecular complexity index is 788. The third-order valence-corrected chi connectivity index (χ3v) is 4.38. The normalized spacial score (nSPS) is 10.7. The molecular formula is C21H30N6O4. The summed E-state index contributed by atoms with van der Waals surface area (Å²) >= 11 is 0. The summed E-state index contributed by atoms with van der Waals surface area (Å²) in [6.07, 6.45) is 0.545. The second-order valence-electron chi connectivity index (χ2n) is 6.81. The molecule has 2 rings (SSSR count). The van der Waals surface area contributed by atoms with Crippen LogP contribution in [0.15, 0.2) is 48.7 Å². The third-order valence-electron chi connectivity index (χ3n) is 4.38. The fraction of sp³-hybridized carbons (Fsp3) is 0.381. The molecule has 0 saturated heterocycles. The predicted molar refractivity (Wildman–Crippen MR) is 118 cm³/mol. The van der Waals surface area contributed by atoms with E-state index in [9.17, 15) is 9.59 Å². The van der Waals surface area contributed by atoms with Crippen molar-refractivity contribution < 1.29 is 19.8 Å². The van der Waals surface area contributed by atoms with Crippen molar-refractivity contribution in [2.24, 2.45) is 0 Å². The summed E-state index contributed by atoms with van der Waals surface area (Å²) < 4.78 is 0. The van der Waals surface area contributed by atoms with Crippen molar-refractivity contribution in [2.45, 2.75) is 13.0 Å². The Hall–Kier alpha value is -3.21. The van der Waals surface area contributed by atoms with Gasteiger partial charge in [0.1, 0.15) is 0 Å². The van der Waals surface area contributed by atoms with E-state index in [0.29, 0.717) is 32.7 Å². The molecule has 0 saturated carbocycles. The van der Waals surface area contributed by atoms with Crippen molar-refractivity contribution in [3.05, 3.63) is 54.2 Å². The van der Waals surface area contributed by atoms with Gasteiger partial charge in [-0.25, -0.2) is 14.6 Å². The average Bonchev–Trinajstić information content (AvgIpc) is 2.76. The van der Waals surface area contributed by atoms with Crippen LogP contribution in [0, 0.1) is 0 Å². The topological polar surface area (TPSA) is 139 Å². The van der Waals surface area contributed by atoms with Gasteiger partial charge in [-0.05, 0) is 30.7 Å². The van der Waals surface area contributed by atoms with Crippen molar-refractivity contribution in [2.75, 3.05) is 39.3 Å². The summed E-state index contributed by atoms with van der Waals surface area (Å²) in [6.45, 7) is 3.87. The zero-order chi connectivity index (χ0) is 22.3. The lowest BCUT2D eigenvalue weighted by molar-refractivity contribution is 0.171. The highest BCUT2D eigenvalue weighted by atomic mass is 16.4. The number of hydrogen-bond donors (Lipinski definition) is 6. The molecule has 0 aliphatic heterocycles. The van der Waals surface area contributed by atoms with Crippen LogP contribution in [0.1, 0.15) is 12.0 Å². The van der Waals surface area contributed by atoms with E-state index in [4.69, 9.17) is 10.2 Å². The molecule has 0 radical (unpaired) electrons. The first kappa shape index (κ1) is 24.1. The van der Waals surface area contributed by atoms with Crippen molar-refractivity contribution >= 4 is 12.2 Å². The van der Waals surface area contributed by atoms with Gasteiger partial charge in [0.05, 0.1) is 5.69 Å². The molecule has 10 heteroatoms. The molecule has 2 amide bonds. The average molecular weight is 431 g/mol. The Kier molecular flexibility index (Phi) is 10.8. The maximum atomic E-state index is 10.6. The van der Waals surface area contributed by atoms with Crippen molar-refractivity contribution in [3.8, 4) is 11.3 Å². The molecule has 1 aromatic heterocycles. The molecule has 1 heterocycles. The van der Waals surface area contributed by atoms with E-state index in [1.807, 2.05) is 30.3 Å². The summed E-state index contributed by atoms with van der Waals surface area (Å²) in [6, 6.07) is 14.0. The lowest BCUT2D eigenvalue weighted by Crippen LogP contribution is -2.43. The van der Waals surface area contributed by atoms with Crippen LogP contribution in [0.25, 0.3) is 11.3 Å². The highest BCUT2D eigenvalue weighted by Gasteiger charge is 2.07.